The van der Waals surface area contributed by atoms with Crippen LogP contribution in [0.3, 0.4) is 0 Å². The number of halogens is 1. The van der Waals surface area contributed by atoms with E-state index < -0.39 is 0 Å². The van der Waals surface area contributed by atoms with E-state index in [0.717, 1.165) is 0 Å². The van der Waals surface area contributed by atoms with Crippen LogP contribution in [-0.2, 0) is 0 Å². The fraction of sp³-hybridized carbons (Fsp3) is 0. The first-order valence-electron chi connectivity index (χ1n) is 5.48. The molecule has 0 saturated carbocycles. The lowest BCUT2D eigenvalue weighted by Crippen LogP contribution is -2.19. The zero-order chi connectivity index (χ0) is 13.4. The van der Waals surface area contributed by atoms with Gasteiger partial charge in [0, 0.05) is 6.20 Å². The average Bonchev–Trinajstić information content (AvgIpc) is 2.42. The molecule has 5 nitrogen and oxygen atoms in total. The smallest absolute Gasteiger partial charge is 0.267 e. The van der Waals surface area contributed by atoms with Crippen molar-refractivity contribution in [3.05, 3.63) is 58.2 Å². The predicted octanol–water partition coefficient (Wildman–Crippen LogP) is 2.14. The summed E-state index contributed by atoms with van der Waals surface area (Å²) in [4.78, 5) is 20.5. The molecule has 1 N–H and O–H groups in total. The van der Waals surface area contributed by atoms with Crippen molar-refractivity contribution in [2.24, 2.45) is 0 Å². The summed E-state index contributed by atoms with van der Waals surface area (Å²) in [7, 11) is 0. The van der Waals surface area contributed by atoms with E-state index in [2.05, 4.69) is 9.97 Å². The number of para-hydroxylation sites is 1. The molecule has 3 rings (SSSR count). The molecule has 0 aliphatic heterocycles. The van der Waals surface area contributed by atoms with Gasteiger partial charge in [0.05, 0.1) is 10.4 Å². The van der Waals surface area contributed by atoms with Crippen LogP contribution in [0.2, 0.25) is 5.02 Å². The average molecular weight is 274 g/mol. The lowest BCUT2D eigenvalue weighted by Gasteiger charge is -2.06. The van der Waals surface area contributed by atoms with Crippen LogP contribution in [0.4, 0.5) is 0 Å². The normalized spacial score (nSPS) is 10.8. The van der Waals surface area contributed by atoms with Crippen LogP contribution in [0.1, 0.15) is 0 Å². The Morgan fingerprint density at radius 3 is 2.74 bits per heavy atom. The molecule has 0 spiro atoms. The number of benzene rings is 1. The number of hydrogen-bond acceptors (Lipinski definition) is 4. The van der Waals surface area contributed by atoms with Gasteiger partial charge in [-0.25, -0.2) is 9.97 Å². The Hall–Kier alpha value is -2.40. The van der Waals surface area contributed by atoms with E-state index in [4.69, 9.17) is 11.6 Å². The first-order chi connectivity index (χ1) is 9.16. The van der Waals surface area contributed by atoms with Gasteiger partial charge in [-0.1, -0.05) is 17.7 Å². The maximum absolute atomic E-state index is 12.3. The van der Waals surface area contributed by atoms with Gasteiger partial charge in [0.15, 0.2) is 0 Å². The first-order valence-corrected chi connectivity index (χ1v) is 5.86. The Morgan fingerprint density at radius 2 is 2.00 bits per heavy atom. The van der Waals surface area contributed by atoms with Crippen LogP contribution in [0.15, 0.2) is 47.7 Å². The molecule has 94 valence electrons. The van der Waals surface area contributed by atoms with Gasteiger partial charge < -0.3 is 5.11 Å². The van der Waals surface area contributed by atoms with Crippen LogP contribution < -0.4 is 5.56 Å². The lowest BCUT2D eigenvalue weighted by atomic mass is 10.2. The highest BCUT2D eigenvalue weighted by atomic mass is 35.5. The van der Waals surface area contributed by atoms with E-state index in [-0.39, 0.29) is 16.8 Å². The summed E-state index contributed by atoms with van der Waals surface area (Å²) in [5, 5.41) is 10.5. The minimum atomic E-state index is -0.296. The van der Waals surface area contributed by atoms with Crippen molar-refractivity contribution < 1.29 is 5.11 Å². The third kappa shape index (κ3) is 1.94. The molecule has 6 heteroatoms. The minimum absolute atomic E-state index is 0.0224. The van der Waals surface area contributed by atoms with E-state index in [1.165, 1.54) is 23.2 Å². The van der Waals surface area contributed by atoms with Crippen LogP contribution >= 0.6 is 11.6 Å². The Morgan fingerprint density at radius 1 is 1.16 bits per heavy atom. The highest BCUT2D eigenvalue weighted by Crippen LogP contribution is 2.19. The van der Waals surface area contributed by atoms with Gasteiger partial charge in [-0.2, -0.15) is 0 Å². The summed E-state index contributed by atoms with van der Waals surface area (Å²) in [6.07, 6.45) is 2.79. The van der Waals surface area contributed by atoms with Gasteiger partial charge in [-0.3, -0.25) is 9.36 Å². The zero-order valence-corrected chi connectivity index (χ0v) is 10.4. The number of fused-ring (bicyclic) bond motifs is 1. The molecule has 0 unspecified atom stereocenters. The molecule has 0 atom stereocenters. The van der Waals surface area contributed by atoms with E-state index in [0.29, 0.717) is 16.2 Å². The molecule has 0 bridgehead atoms. The number of nitrogens with zero attached hydrogens (tertiary/aromatic N) is 3. The highest BCUT2D eigenvalue weighted by Gasteiger charge is 2.08. The second-order valence-electron chi connectivity index (χ2n) is 3.93. The van der Waals surface area contributed by atoms with Gasteiger partial charge >= 0.3 is 0 Å². The Bertz CT molecular complexity index is 812. The second kappa shape index (κ2) is 4.37. The predicted molar refractivity (Wildman–Crippen MR) is 71.8 cm³/mol. The maximum atomic E-state index is 12.3. The third-order valence-corrected chi connectivity index (χ3v) is 2.95. The van der Waals surface area contributed by atoms with Crippen molar-refractivity contribution in [1.82, 2.24) is 14.5 Å². The van der Waals surface area contributed by atoms with E-state index in [1.807, 2.05) is 0 Å². The molecular weight excluding hydrogens is 266 g/mol. The zero-order valence-electron chi connectivity index (χ0n) is 9.62. The highest BCUT2D eigenvalue weighted by molar-refractivity contribution is 6.30. The monoisotopic (exact) mass is 273 g/mol. The molecule has 0 saturated heterocycles. The van der Waals surface area contributed by atoms with Gasteiger partial charge in [0.25, 0.3) is 5.56 Å². The molecule has 0 fully saturated rings. The molecular formula is C13H8ClN3O2. The first kappa shape index (κ1) is 11.7. The molecule has 0 aliphatic rings. The summed E-state index contributed by atoms with van der Waals surface area (Å²) >= 11 is 5.76. The number of aromatic hydroxyl groups is 1. The molecule has 19 heavy (non-hydrogen) atoms. The van der Waals surface area contributed by atoms with E-state index in [9.17, 15) is 9.90 Å². The molecule has 2 heterocycles. The number of phenolic OH excluding ortho intramolecular Hbond substituents is 1. The molecule has 0 aliphatic carbocycles. The maximum Gasteiger partial charge on any atom is 0.267 e. The van der Waals surface area contributed by atoms with Gasteiger partial charge in [-0.05, 0) is 24.3 Å². The van der Waals surface area contributed by atoms with Crippen LogP contribution in [0.5, 0.6) is 5.75 Å². The number of phenols is 1. The summed E-state index contributed by atoms with van der Waals surface area (Å²) in [6.45, 7) is 0. The lowest BCUT2D eigenvalue weighted by molar-refractivity contribution is 0.480. The Kier molecular flexibility index (Phi) is 2.68. The number of aromatic nitrogens is 3. The Labute approximate surface area is 112 Å². The van der Waals surface area contributed by atoms with Crippen molar-refractivity contribution in [3.63, 3.8) is 0 Å². The van der Waals surface area contributed by atoms with Gasteiger partial charge in [-0.15, -0.1) is 0 Å². The third-order valence-electron chi connectivity index (χ3n) is 2.72. The van der Waals surface area contributed by atoms with Crippen molar-refractivity contribution in [1.29, 1.82) is 0 Å². The molecule has 0 radical (unpaired) electrons. The fourth-order valence-electron chi connectivity index (χ4n) is 1.81. The number of rotatable bonds is 1. The second-order valence-corrected chi connectivity index (χ2v) is 4.36. The summed E-state index contributed by atoms with van der Waals surface area (Å²) in [6, 6.07) is 7.96. The van der Waals surface area contributed by atoms with Crippen molar-refractivity contribution in [3.8, 4) is 11.6 Å². The van der Waals surface area contributed by atoms with Crippen molar-refractivity contribution in [2.75, 3.05) is 0 Å². The van der Waals surface area contributed by atoms with Gasteiger partial charge in [0.2, 0.25) is 0 Å². The largest absolute Gasteiger partial charge is 0.506 e. The quantitative estimate of drug-likeness (QED) is 0.737. The summed E-state index contributed by atoms with van der Waals surface area (Å²) < 4.78 is 1.30. The van der Waals surface area contributed by atoms with Crippen molar-refractivity contribution >= 4 is 22.5 Å². The summed E-state index contributed by atoms with van der Waals surface area (Å²) in [5.74, 6) is 0.401. The molecule has 2 aromatic heterocycles. The van der Waals surface area contributed by atoms with Crippen LogP contribution in [-0.4, -0.2) is 19.6 Å². The van der Waals surface area contributed by atoms with Crippen LogP contribution in [0, 0.1) is 0 Å². The molecule has 1 aromatic carbocycles. The topological polar surface area (TPSA) is 68.0 Å². The number of pyridine rings is 1. The Balaban J connectivity index is 2.29. The van der Waals surface area contributed by atoms with Gasteiger partial charge in [0.1, 0.15) is 23.4 Å². The van der Waals surface area contributed by atoms with Crippen molar-refractivity contribution in [2.45, 2.75) is 0 Å². The minimum Gasteiger partial charge on any atom is -0.506 e. The van der Waals surface area contributed by atoms with E-state index >= 15 is 0 Å². The standard InChI is InChI=1S/C13H8ClN3O2/c14-8-4-5-11(15-6-8)17-7-16-12-9(13(17)19)2-1-3-10(12)18/h1-7,18H. The molecule has 0 amide bonds. The SMILES string of the molecule is O=c1c2cccc(O)c2ncn1-c1ccc(Cl)cn1. The van der Waals surface area contributed by atoms with Crippen LogP contribution in [0.25, 0.3) is 16.7 Å². The summed E-state index contributed by atoms with van der Waals surface area (Å²) in [5.41, 5.74) is -0.0200. The molecule has 3 aromatic rings. The number of hydrogen-bond donors (Lipinski definition) is 1. The van der Waals surface area contributed by atoms with E-state index in [1.54, 1.807) is 24.3 Å². The fourth-order valence-corrected chi connectivity index (χ4v) is 1.92.